The quantitative estimate of drug-likeness (QED) is 0.692. The van der Waals surface area contributed by atoms with Crippen LogP contribution in [0.1, 0.15) is 17.5 Å². The van der Waals surface area contributed by atoms with Crippen LogP contribution in [-0.4, -0.2) is 20.7 Å². The summed E-state index contributed by atoms with van der Waals surface area (Å²) in [6, 6.07) is 11.1. The molecule has 7 heteroatoms. The first kappa shape index (κ1) is 18.4. The number of amides is 1. The van der Waals surface area contributed by atoms with E-state index in [-0.39, 0.29) is 5.91 Å². The van der Waals surface area contributed by atoms with Gasteiger partial charge in [-0.05, 0) is 41.8 Å². The lowest BCUT2D eigenvalue weighted by molar-refractivity contribution is -0.121. The normalized spacial score (nSPS) is 10.7. The first-order chi connectivity index (χ1) is 12.5. The number of rotatable bonds is 6. The number of benzene rings is 1. The lowest BCUT2D eigenvalue weighted by Crippen LogP contribution is -2.23. The Morgan fingerprint density at radius 1 is 1.15 bits per heavy atom. The van der Waals surface area contributed by atoms with Gasteiger partial charge in [0, 0.05) is 42.5 Å². The van der Waals surface area contributed by atoms with Crippen molar-refractivity contribution >= 4 is 29.1 Å². The average Bonchev–Trinajstić information content (AvgIpc) is 3.06. The molecule has 0 aliphatic heterocycles. The van der Waals surface area contributed by atoms with Crippen molar-refractivity contribution in [2.75, 3.05) is 0 Å². The second kappa shape index (κ2) is 8.34. The van der Waals surface area contributed by atoms with Gasteiger partial charge in [-0.1, -0.05) is 35.3 Å². The summed E-state index contributed by atoms with van der Waals surface area (Å²) in [4.78, 5) is 16.5. The van der Waals surface area contributed by atoms with Crippen LogP contribution in [0.25, 0.3) is 11.4 Å². The number of carbonyl (C=O) groups excluding carboxylic acids is 1. The van der Waals surface area contributed by atoms with Gasteiger partial charge >= 0.3 is 0 Å². The van der Waals surface area contributed by atoms with Crippen molar-refractivity contribution in [3.05, 3.63) is 70.0 Å². The largest absolute Gasteiger partial charge is 0.352 e. The molecule has 0 saturated heterocycles. The van der Waals surface area contributed by atoms with E-state index in [2.05, 4.69) is 15.4 Å². The standard InChI is InChI=1S/C19H18Cl2N4O/c1-25-18(9-10-24-25)17-7-5-13(11-22-17)12-23-19(26)8-6-14-15(20)3-2-4-16(14)21/h2-5,7,9-11H,6,8,12H2,1H3,(H,23,26). The molecule has 0 atom stereocenters. The van der Waals surface area contributed by atoms with Gasteiger partial charge in [-0.3, -0.25) is 14.5 Å². The Morgan fingerprint density at radius 3 is 2.54 bits per heavy atom. The van der Waals surface area contributed by atoms with Crippen LogP contribution in [0.2, 0.25) is 10.0 Å². The summed E-state index contributed by atoms with van der Waals surface area (Å²) in [6.07, 6.45) is 4.32. The van der Waals surface area contributed by atoms with E-state index in [0.717, 1.165) is 22.5 Å². The minimum atomic E-state index is -0.0586. The van der Waals surface area contributed by atoms with Gasteiger partial charge < -0.3 is 5.32 Å². The van der Waals surface area contributed by atoms with Gasteiger partial charge in [0.1, 0.15) is 0 Å². The van der Waals surface area contributed by atoms with E-state index < -0.39 is 0 Å². The number of aromatic nitrogens is 3. The highest BCUT2D eigenvalue weighted by atomic mass is 35.5. The Bertz CT molecular complexity index is 886. The summed E-state index contributed by atoms with van der Waals surface area (Å²) in [5.41, 5.74) is 3.51. The van der Waals surface area contributed by atoms with Crippen molar-refractivity contribution in [2.24, 2.45) is 7.05 Å². The number of nitrogens with zero attached hydrogens (tertiary/aromatic N) is 3. The lowest BCUT2D eigenvalue weighted by Gasteiger charge is -2.08. The molecule has 134 valence electrons. The molecular weight excluding hydrogens is 371 g/mol. The van der Waals surface area contributed by atoms with E-state index >= 15 is 0 Å². The van der Waals surface area contributed by atoms with E-state index in [4.69, 9.17) is 23.2 Å². The van der Waals surface area contributed by atoms with Crippen molar-refractivity contribution in [3.63, 3.8) is 0 Å². The zero-order valence-electron chi connectivity index (χ0n) is 14.2. The summed E-state index contributed by atoms with van der Waals surface area (Å²) < 4.78 is 1.77. The van der Waals surface area contributed by atoms with E-state index in [0.29, 0.717) is 29.4 Å². The van der Waals surface area contributed by atoms with Crippen LogP contribution in [0.4, 0.5) is 0 Å². The van der Waals surface area contributed by atoms with Crippen molar-refractivity contribution in [2.45, 2.75) is 19.4 Å². The van der Waals surface area contributed by atoms with Crippen molar-refractivity contribution in [1.82, 2.24) is 20.1 Å². The van der Waals surface area contributed by atoms with E-state index in [1.165, 1.54) is 0 Å². The molecule has 0 radical (unpaired) electrons. The zero-order valence-corrected chi connectivity index (χ0v) is 15.8. The number of hydrogen-bond donors (Lipinski definition) is 1. The Morgan fingerprint density at radius 2 is 1.92 bits per heavy atom. The summed E-state index contributed by atoms with van der Waals surface area (Å²) in [6.45, 7) is 0.424. The summed E-state index contributed by atoms with van der Waals surface area (Å²) in [5, 5.41) is 8.19. The molecule has 0 bridgehead atoms. The minimum absolute atomic E-state index is 0.0586. The maximum atomic E-state index is 12.1. The van der Waals surface area contributed by atoms with Gasteiger partial charge in [0.15, 0.2) is 0 Å². The highest BCUT2D eigenvalue weighted by Gasteiger charge is 2.09. The van der Waals surface area contributed by atoms with Gasteiger partial charge in [-0.15, -0.1) is 0 Å². The predicted molar refractivity (Wildman–Crippen MR) is 103 cm³/mol. The molecule has 0 saturated carbocycles. The third kappa shape index (κ3) is 4.42. The molecule has 0 spiro atoms. The molecule has 1 N–H and O–H groups in total. The highest BCUT2D eigenvalue weighted by Crippen LogP contribution is 2.25. The van der Waals surface area contributed by atoms with E-state index in [1.807, 2.05) is 25.2 Å². The molecular formula is C19H18Cl2N4O. The highest BCUT2D eigenvalue weighted by molar-refractivity contribution is 6.36. The first-order valence-corrected chi connectivity index (χ1v) is 8.93. The van der Waals surface area contributed by atoms with Crippen LogP contribution in [0.5, 0.6) is 0 Å². The molecule has 1 aromatic carbocycles. The zero-order chi connectivity index (χ0) is 18.5. The van der Waals surface area contributed by atoms with E-state index in [1.54, 1.807) is 35.3 Å². The van der Waals surface area contributed by atoms with Crippen LogP contribution >= 0.6 is 23.2 Å². The molecule has 1 amide bonds. The lowest BCUT2D eigenvalue weighted by atomic mass is 10.1. The topological polar surface area (TPSA) is 59.8 Å². The molecule has 3 rings (SSSR count). The van der Waals surface area contributed by atoms with Gasteiger partial charge in [0.2, 0.25) is 5.91 Å². The van der Waals surface area contributed by atoms with E-state index in [9.17, 15) is 4.79 Å². The second-order valence-electron chi connectivity index (χ2n) is 5.87. The van der Waals surface area contributed by atoms with Crippen LogP contribution in [0.3, 0.4) is 0 Å². The molecule has 0 unspecified atom stereocenters. The fourth-order valence-corrected chi connectivity index (χ4v) is 3.19. The van der Waals surface area contributed by atoms with Gasteiger partial charge in [-0.25, -0.2) is 0 Å². The number of hydrogen-bond acceptors (Lipinski definition) is 3. The summed E-state index contributed by atoms with van der Waals surface area (Å²) in [7, 11) is 1.87. The SMILES string of the molecule is Cn1nccc1-c1ccc(CNC(=O)CCc2c(Cl)cccc2Cl)cn1. The summed E-state index contributed by atoms with van der Waals surface area (Å²) >= 11 is 12.2. The van der Waals surface area contributed by atoms with Crippen LogP contribution in [0, 0.1) is 0 Å². The van der Waals surface area contributed by atoms with Gasteiger partial charge in [-0.2, -0.15) is 5.10 Å². The molecule has 2 aromatic heterocycles. The maximum Gasteiger partial charge on any atom is 0.220 e. The van der Waals surface area contributed by atoms with Crippen molar-refractivity contribution in [1.29, 1.82) is 0 Å². The number of nitrogens with one attached hydrogen (secondary N) is 1. The third-order valence-corrected chi connectivity index (χ3v) is 4.77. The smallest absolute Gasteiger partial charge is 0.220 e. The fraction of sp³-hybridized carbons (Fsp3) is 0.211. The molecule has 0 fully saturated rings. The van der Waals surface area contributed by atoms with Crippen LogP contribution < -0.4 is 5.32 Å². The first-order valence-electron chi connectivity index (χ1n) is 8.17. The minimum Gasteiger partial charge on any atom is -0.352 e. The predicted octanol–water partition coefficient (Wildman–Crippen LogP) is 4.04. The van der Waals surface area contributed by atoms with Gasteiger partial charge in [0.05, 0.1) is 11.4 Å². The molecule has 0 aliphatic rings. The Labute approximate surface area is 162 Å². The van der Waals surface area contributed by atoms with Crippen molar-refractivity contribution < 1.29 is 4.79 Å². The number of carbonyl (C=O) groups is 1. The fourth-order valence-electron chi connectivity index (χ4n) is 2.60. The summed E-state index contributed by atoms with van der Waals surface area (Å²) in [5.74, 6) is -0.0586. The maximum absolute atomic E-state index is 12.1. The third-order valence-electron chi connectivity index (χ3n) is 4.06. The molecule has 5 nitrogen and oxygen atoms in total. The second-order valence-corrected chi connectivity index (χ2v) is 6.68. The monoisotopic (exact) mass is 388 g/mol. The molecule has 26 heavy (non-hydrogen) atoms. The van der Waals surface area contributed by atoms with Crippen LogP contribution in [-0.2, 0) is 24.8 Å². The van der Waals surface area contributed by atoms with Crippen molar-refractivity contribution in [3.8, 4) is 11.4 Å². The van der Waals surface area contributed by atoms with Crippen LogP contribution in [0.15, 0.2) is 48.8 Å². The Balaban J connectivity index is 1.52. The number of halogens is 2. The Kier molecular flexibility index (Phi) is 5.91. The number of aryl methyl sites for hydroxylation is 1. The molecule has 2 heterocycles. The molecule has 0 aliphatic carbocycles. The number of pyridine rings is 1. The Hall–Kier alpha value is -2.37. The molecule has 3 aromatic rings. The van der Waals surface area contributed by atoms with Gasteiger partial charge in [0.25, 0.3) is 0 Å². The average molecular weight is 389 g/mol.